The van der Waals surface area contributed by atoms with Crippen LogP contribution in [0.2, 0.25) is 0 Å². The SMILES string of the molecule is CNc1ccc(-c2ccc(N)c(C)c2)cc1C. The van der Waals surface area contributed by atoms with Crippen molar-refractivity contribution in [3.8, 4) is 11.1 Å². The molecular formula is C15H18N2. The Morgan fingerprint density at radius 1 is 0.882 bits per heavy atom. The van der Waals surface area contributed by atoms with E-state index in [9.17, 15) is 0 Å². The number of anilines is 2. The minimum atomic E-state index is 0.845. The molecule has 0 aliphatic heterocycles. The van der Waals surface area contributed by atoms with E-state index >= 15 is 0 Å². The van der Waals surface area contributed by atoms with Crippen molar-refractivity contribution in [3.05, 3.63) is 47.5 Å². The van der Waals surface area contributed by atoms with E-state index in [0.717, 1.165) is 11.3 Å². The molecule has 0 saturated carbocycles. The lowest BCUT2D eigenvalue weighted by Crippen LogP contribution is -1.93. The average Bonchev–Trinajstić information content (AvgIpc) is 2.32. The Morgan fingerprint density at radius 2 is 1.47 bits per heavy atom. The zero-order valence-corrected chi connectivity index (χ0v) is 10.5. The molecule has 0 bridgehead atoms. The summed E-state index contributed by atoms with van der Waals surface area (Å²) in [6.07, 6.45) is 0. The number of nitrogen functional groups attached to an aromatic ring is 1. The van der Waals surface area contributed by atoms with Crippen LogP contribution in [0.15, 0.2) is 36.4 Å². The van der Waals surface area contributed by atoms with Gasteiger partial charge in [0.25, 0.3) is 0 Å². The van der Waals surface area contributed by atoms with Crippen molar-refractivity contribution in [2.75, 3.05) is 18.1 Å². The quantitative estimate of drug-likeness (QED) is 0.768. The third kappa shape index (κ3) is 2.26. The largest absolute Gasteiger partial charge is 0.399 e. The first-order valence-corrected chi connectivity index (χ1v) is 5.76. The van der Waals surface area contributed by atoms with Gasteiger partial charge in [-0.3, -0.25) is 0 Å². The molecule has 0 heterocycles. The first-order valence-electron chi connectivity index (χ1n) is 5.76. The van der Waals surface area contributed by atoms with E-state index in [2.05, 4.69) is 42.6 Å². The number of aryl methyl sites for hydroxylation is 2. The number of nitrogens with two attached hydrogens (primary N) is 1. The van der Waals surface area contributed by atoms with Crippen LogP contribution in [-0.2, 0) is 0 Å². The fourth-order valence-corrected chi connectivity index (χ4v) is 1.98. The number of rotatable bonds is 2. The summed E-state index contributed by atoms with van der Waals surface area (Å²) in [5.74, 6) is 0. The van der Waals surface area contributed by atoms with E-state index in [0.29, 0.717) is 0 Å². The molecule has 0 radical (unpaired) electrons. The third-order valence-corrected chi connectivity index (χ3v) is 3.10. The summed E-state index contributed by atoms with van der Waals surface area (Å²) in [7, 11) is 1.94. The Labute approximate surface area is 102 Å². The summed E-state index contributed by atoms with van der Waals surface area (Å²) in [5.41, 5.74) is 12.7. The second-order valence-corrected chi connectivity index (χ2v) is 4.35. The normalized spacial score (nSPS) is 10.3. The molecule has 0 atom stereocenters. The van der Waals surface area contributed by atoms with Crippen molar-refractivity contribution < 1.29 is 0 Å². The Balaban J connectivity index is 2.46. The standard InChI is InChI=1S/C15H18N2/c1-10-8-12(4-6-14(10)16)13-5-7-15(17-3)11(2)9-13/h4-9,17H,16H2,1-3H3. The van der Waals surface area contributed by atoms with Gasteiger partial charge in [-0.05, 0) is 60.4 Å². The molecule has 0 saturated heterocycles. The first kappa shape index (κ1) is 11.5. The van der Waals surface area contributed by atoms with Crippen molar-refractivity contribution in [2.45, 2.75) is 13.8 Å². The summed E-state index contributed by atoms with van der Waals surface area (Å²) < 4.78 is 0. The number of hydrogen-bond acceptors (Lipinski definition) is 2. The van der Waals surface area contributed by atoms with Crippen molar-refractivity contribution in [2.24, 2.45) is 0 Å². The minimum absolute atomic E-state index is 0.845. The van der Waals surface area contributed by atoms with Gasteiger partial charge in [-0.25, -0.2) is 0 Å². The maximum Gasteiger partial charge on any atom is 0.0367 e. The van der Waals surface area contributed by atoms with Gasteiger partial charge >= 0.3 is 0 Å². The molecule has 3 N–H and O–H groups in total. The molecular weight excluding hydrogens is 208 g/mol. The fraction of sp³-hybridized carbons (Fsp3) is 0.200. The molecule has 0 fully saturated rings. The zero-order chi connectivity index (χ0) is 12.4. The monoisotopic (exact) mass is 226 g/mol. The van der Waals surface area contributed by atoms with Crippen LogP contribution in [0.3, 0.4) is 0 Å². The van der Waals surface area contributed by atoms with E-state index < -0.39 is 0 Å². The average molecular weight is 226 g/mol. The predicted octanol–water partition coefficient (Wildman–Crippen LogP) is 3.59. The van der Waals surface area contributed by atoms with E-state index in [1.54, 1.807) is 0 Å². The molecule has 2 aromatic carbocycles. The van der Waals surface area contributed by atoms with Gasteiger partial charge in [-0.1, -0.05) is 12.1 Å². The van der Waals surface area contributed by atoms with Gasteiger partial charge in [0.2, 0.25) is 0 Å². The van der Waals surface area contributed by atoms with Gasteiger partial charge in [0.05, 0.1) is 0 Å². The van der Waals surface area contributed by atoms with Gasteiger partial charge in [0.1, 0.15) is 0 Å². The van der Waals surface area contributed by atoms with E-state index in [1.165, 1.54) is 22.4 Å². The Bertz CT molecular complexity index is 545. The van der Waals surface area contributed by atoms with Crippen molar-refractivity contribution >= 4 is 11.4 Å². The maximum absolute atomic E-state index is 5.83. The van der Waals surface area contributed by atoms with Crippen LogP contribution in [0.25, 0.3) is 11.1 Å². The number of benzene rings is 2. The van der Waals surface area contributed by atoms with Crippen LogP contribution >= 0.6 is 0 Å². The summed E-state index contributed by atoms with van der Waals surface area (Å²) in [6.45, 7) is 4.15. The fourth-order valence-electron chi connectivity index (χ4n) is 1.98. The van der Waals surface area contributed by atoms with E-state index in [1.807, 2.05) is 20.0 Å². The van der Waals surface area contributed by atoms with Crippen molar-refractivity contribution in [1.29, 1.82) is 0 Å². The van der Waals surface area contributed by atoms with Crippen molar-refractivity contribution in [1.82, 2.24) is 0 Å². The minimum Gasteiger partial charge on any atom is -0.399 e. The molecule has 0 aliphatic rings. The second kappa shape index (κ2) is 4.50. The molecule has 17 heavy (non-hydrogen) atoms. The Kier molecular flexibility index (Phi) is 3.05. The molecule has 2 aromatic rings. The molecule has 0 aliphatic carbocycles. The maximum atomic E-state index is 5.83. The molecule has 0 unspecified atom stereocenters. The number of nitrogens with one attached hydrogen (secondary N) is 1. The lowest BCUT2D eigenvalue weighted by molar-refractivity contribution is 1.40. The highest BCUT2D eigenvalue weighted by atomic mass is 14.8. The molecule has 2 nitrogen and oxygen atoms in total. The zero-order valence-electron chi connectivity index (χ0n) is 10.5. The van der Waals surface area contributed by atoms with E-state index in [-0.39, 0.29) is 0 Å². The lowest BCUT2D eigenvalue weighted by atomic mass is 10.00. The Hall–Kier alpha value is -1.96. The van der Waals surface area contributed by atoms with Gasteiger partial charge in [0.15, 0.2) is 0 Å². The predicted molar refractivity (Wildman–Crippen MR) is 75.3 cm³/mol. The van der Waals surface area contributed by atoms with Crippen LogP contribution < -0.4 is 11.1 Å². The van der Waals surface area contributed by atoms with Crippen LogP contribution in [0.1, 0.15) is 11.1 Å². The second-order valence-electron chi connectivity index (χ2n) is 4.35. The van der Waals surface area contributed by atoms with Crippen LogP contribution in [-0.4, -0.2) is 7.05 Å². The van der Waals surface area contributed by atoms with E-state index in [4.69, 9.17) is 5.73 Å². The first-order chi connectivity index (χ1) is 8.11. The smallest absolute Gasteiger partial charge is 0.0367 e. The Morgan fingerprint density at radius 3 is 2.00 bits per heavy atom. The molecule has 0 amide bonds. The van der Waals surface area contributed by atoms with Crippen LogP contribution in [0.4, 0.5) is 11.4 Å². The van der Waals surface area contributed by atoms with Gasteiger partial charge in [-0.2, -0.15) is 0 Å². The molecule has 0 aromatic heterocycles. The van der Waals surface area contributed by atoms with Gasteiger partial charge in [0, 0.05) is 18.4 Å². The lowest BCUT2D eigenvalue weighted by Gasteiger charge is -2.09. The summed E-state index contributed by atoms with van der Waals surface area (Å²) in [6, 6.07) is 12.6. The molecule has 2 heteroatoms. The molecule has 88 valence electrons. The van der Waals surface area contributed by atoms with Gasteiger partial charge < -0.3 is 11.1 Å². The molecule has 2 rings (SSSR count). The summed E-state index contributed by atoms with van der Waals surface area (Å²) >= 11 is 0. The third-order valence-electron chi connectivity index (χ3n) is 3.10. The summed E-state index contributed by atoms with van der Waals surface area (Å²) in [4.78, 5) is 0. The van der Waals surface area contributed by atoms with Crippen LogP contribution in [0.5, 0.6) is 0 Å². The highest BCUT2D eigenvalue weighted by Crippen LogP contribution is 2.26. The van der Waals surface area contributed by atoms with Gasteiger partial charge in [-0.15, -0.1) is 0 Å². The van der Waals surface area contributed by atoms with Crippen molar-refractivity contribution in [3.63, 3.8) is 0 Å². The summed E-state index contributed by atoms with van der Waals surface area (Å²) in [5, 5.41) is 3.17. The number of hydrogen-bond donors (Lipinski definition) is 2. The highest BCUT2D eigenvalue weighted by molar-refractivity contribution is 5.71. The highest BCUT2D eigenvalue weighted by Gasteiger charge is 2.02. The molecule has 0 spiro atoms. The van der Waals surface area contributed by atoms with Crippen LogP contribution in [0, 0.1) is 13.8 Å². The topological polar surface area (TPSA) is 38.0 Å².